The molecule has 0 radical (unpaired) electrons. The molecule has 1 fully saturated rings. The molecule has 1 aromatic carbocycles. The lowest BCUT2D eigenvalue weighted by atomic mass is 9.79. The predicted molar refractivity (Wildman–Crippen MR) is 80.5 cm³/mol. The topological polar surface area (TPSA) is 55.1 Å². The molecule has 0 aliphatic heterocycles. The molecule has 1 saturated carbocycles. The highest BCUT2D eigenvalue weighted by atomic mass is 79.9. The van der Waals surface area contributed by atoms with Crippen LogP contribution in [-0.2, 0) is 11.3 Å². The largest absolute Gasteiger partial charge is 0.352 e. The highest BCUT2D eigenvalue weighted by Crippen LogP contribution is 2.29. The van der Waals surface area contributed by atoms with Crippen LogP contribution in [-0.4, -0.2) is 12.5 Å². The third-order valence-electron chi connectivity index (χ3n) is 3.90. The number of hydrogen-bond acceptors (Lipinski definition) is 2. The van der Waals surface area contributed by atoms with Crippen molar-refractivity contribution in [1.29, 1.82) is 0 Å². The lowest BCUT2D eigenvalue weighted by Crippen LogP contribution is -2.39. The molecule has 2 unspecified atom stereocenters. The Balaban J connectivity index is 1.89. The minimum Gasteiger partial charge on any atom is -0.352 e. The van der Waals surface area contributed by atoms with Gasteiger partial charge in [-0.2, -0.15) is 0 Å². The highest BCUT2D eigenvalue weighted by molar-refractivity contribution is 9.10. The Bertz CT molecular complexity index is 436. The third-order valence-corrected chi connectivity index (χ3v) is 4.40. The minimum atomic E-state index is 0.103. The molecule has 19 heavy (non-hydrogen) atoms. The lowest BCUT2D eigenvalue weighted by molar-refractivity contribution is -0.127. The summed E-state index contributed by atoms with van der Waals surface area (Å²) in [5, 5.41) is 3.04. The first-order chi connectivity index (χ1) is 9.20. The van der Waals surface area contributed by atoms with Crippen LogP contribution in [0, 0.1) is 11.8 Å². The van der Waals surface area contributed by atoms with E-state index in [4.69, 9.17) is 5.73 Å². The molecular formula is C15H21BrN2O. The van der Waals surface area contributed by atoms with Crippen molar-refractivity contribution < 1.29 is 4.79 Å². The Morgan fingerprint density at radius 1 is 1.37 bits per heavy atom. The van der Waals surface area contributed by atoms with Gasteiger partial charge in [-0.3, -0.25) is 4.79 Å². The first kappa shape index (κ1) is 14.5. The maximum Gasteiger partial charge on any atom is 0.223 e. The van der Waals surface area contributed by atoms with Crippen molar-refractivity contribution in [2.75, 3.05) is 6.54 Å². The summed E-state index contributed by atoms with van der Waals surface area (Å²) in [5.41, 5.74) is 6.89. The summed E-state index contributed by atoms with van der Waals surface area (Å²) in [4.78, 5) is 12.2. The summed E-state index contributed by atoms with van der Waals surface area (Å²) >= 11 is 3.44. The van der Waals surface area contributed by atoms with Gasteiger partial charge in [0.05, 0.1) is 0 Å². The van der Waals surface area contributed by atoms with Crippen molar-refractivity contribution in [3.05, 3.63) is 34.3 Å². The molecule has 0 spiro atoms. The second-order valence-electron chi connectivity index (χ2n) is 5.23. The molecule has 1 aliphatic carbocycles. The fourth-order valence-corrected chi connectivity index (χ4v) is 3.25. The number of carbonyl (C=O) groups is 1. The van der Waals surface area contributed by atoms with E-state index < -0.39 is 0 Å². The van der Waals surface area contributed by atoms with Crippen molar-refractivity contribution in [3.8, 4) is 0 Å². The van der Waals surface area contributed by atoms with Gasteiger partial charge in [-0.1, -0.05) is 40.9 Å². The van der Waals surface area contributed by atoms with Crippen LogP contribution >= 0.6 is 15.9 Å². The SMILES string of the molecule is NCC1CCCCC1C(=O)NCc1cccc(Br)c1. The Hall–Kier alpha value is -0.870. The molecule has 104 valence electrons. The Morgan fingerprint density at radius 3 is 2.89 bits per heavy atom. The number of amides is 1. The molecule has 2 atom stereocenters. The van der Waals surface area contributed by atoms with Gasteiger partial charge in [0.2, 0.25) is 5.91 Å². The van der Waals surface area contributed by atoms with Crippen LogP contribution in [0.15, 0.2) is 28.7 Å². The van der Waals surface area contributed by atoms with Crippen LogP contribution in [0.2, 0.25) is 0 Å². The molecule has 0 aromatic heterocycles. The molecule has 1 aromatic rings. The van der Waals surface area contributed by atoms with Crippen molar-refractivity contribution in [2.24, 2.45) is 17.6 Å². The zero-order chi connectivity index (χ0) is 13.7. The van der Waals surface area contributed by atoms with Gasteiger partial charge in [-0.05, 0) is 43.0 Å². The first-order valence-electron chi connectivity index (χ1n) is 6.93. The van der Waals surface area contributed by atoms with Crippen LogP contribution in [0.5, 0.6) is 0 Å². The number of rotatable bonds is 4. The van der Waals surface area contributed by atoms with E-state index in [0.29, 0.717) is 19.0 Å². The number of hydrogen-bond donors (Lipinski definition) is 2. The van der Waals surface area contributed by atoms with E-state index in [0.717, 1.165) is 29.3 Å². The molecule has 4 heteroatoms. The average molecular weight is 325 g/mol. The average Bonchev–Trinajstić information content (AvgIpc) is 2.45. The molecule has 3 nitrogen and oxygen atoms in total. The molecule has 2 rings (SSSR count). The lowest BCUT2D eigenvalue weighted by Gasteiger charge is -2.29. The summed E-state index contributed by atoms with van der Waals surface area (Å²) in [6.45, 7) is 1.21. The van der Waals surface area contributed by atoms with Crippen LogP contribution < -0.4 is 11.1 Å². The zero-order valence-electron chi connectivity index (χ0n) is 11.1. The third kappa shape index (κ3) is 4.05. The monoisotopic (exact) mass is 324 g/mol. The first-order valence-corrected chi connectivity index (χ1v) is 7.72. The second kappa shape index (κ2) is 7.06. The number of halogens is 1. The number of nitrogens with two attached hydrogens (primary N) is 1. The van der Waals surface area contributed by atoms with Gasteiger partial charge in [0.1, 0.15) is 0 Å². The number of carbonyl (C=O) groups excluding carboxylic acids is 1. The van der Waals surface area contributed by atoms with E-state index >= 15 is 0 Å². The minimum absolute atomic E-state index is 0.103. The van der Waals surface area contributed by atoms with E-state index in [2.05, 4.69) is 21.2 Å². The van der Waals surface area contributed by atoms with Gasteiger partial charge in [-0.25, -0.2) is 0 Å². The van der Waals surface area contributed by atoms with Crippen molar-refractivity contribution in [2.45, 2.75) is 32.2 Å². The summed E-state index contributed by atoms with van der Waals surface area (Å²) in [6.07, 6.45) is 4.42. The van der Waals surface area contributed by atoms with Gasteiger partial charge in [-0.15, -0.1) is 0 Å². The van der Waals surface area contributed by atoms with Gasteiger partial charge >= 0.3 is 0 Å². The molecule has 1 aliphatic rings. The van der Waals surface area contributed by atoms with Crippen LogP contribution in [0.1, 0.15) is 31.2 Å². The molecule has 0 saturated heterocycles. The van der Waals surface area contributed by atoms with E-state index in [-0.39, 0.29) is 11.8 Å². The standard InChI is InChI=1S/C15H21BrN2O/c16-13-6-3-4-11(8-13)10-18-15(19)14-7-2-1-5-12(14)9-17/h3-4,6,8,12,14H,1-2,5,7,9-10,17H2,(H,18,19). The van der Waals surface area contributed by atoms with Crippen molar-refractivity contribution in [3.63, 3.8) is 0 Å². The molecular weight excluding hydrogens is 304 g/mol. The van der Waals surface area contributed by atoms with E-state index in [9.17, 15) is 4.79 Å². The van der Waals surface area contributed by atoms with Crippen LogP contribution in [0.3, 0.4) is 0 Å². The summed E-state index contributed by atoms with van der Waals surface area (Å²) in [6, 6.07) is 8.01. The summed E-state index contributed by atoms with van der Waals surface area (Å²) in [7, 11) is 0. The molecule has 3 N–H and O–H groups in total. The highest BCUT2D eigenvalue weighted by Gasteiger charge is 2.29. The fourth-order valence-electron chi connectivity index (χ4n) is 2.80. The van der Waals surface area contributed by atoms with Gasteiger partial charge in [0.15, 0.2) is 0 Å². The number of nitrogens with one attached hydrogen (secondary N) is 1. The smallest absolute Gasteiger partial charge is 0.223 e. The van der Waals surface area contributed by atoms with E-state index in [1.165, 1.54) is 6.42 Å². The normalized spacial score (nSPS) is 23.1. The van der Waals surface area contributed by atoms with Crippen LogP contribution in [0.4, 0.5) is 0 Å². The van der Waals surface area contributed by atoms with Crippen LogP contribution in [0.25, 0.3) is 0 Å². The summed E-state index contributed by atoms with van der Waals surface area (Å²) in [5.74, 6) is 0.622. The Morgan fingerprint density at radius 2 is 2.16 bits per heavy atom. The Labute approximate surface area is 123 Å². The molecule has 0 heterocycles. The van der Waals surface area contributed by atoms with E-state index in [1.807, 2.05) is 24.3 Å². The Kier molecular flexibility index (Phi) is 5.40. The predicted octanol–water partition coefficient (Wildman–Crippen LogP) is 2.83. The molecule has 1 amide bonds. The maximum atomic E-state index is 12.2. The van der Waals surface area contributed by atoms with E-state index in [1.54, 1.807) is 0 Å². The van der Waals surface area contributed by atoms with Gasteiger partial charge in [0, 0.05) is 16.9 Å². The fraction of sp³-hybridized carbons (Fsp3) is 0.533. The quantitative estimate of drug-likeness (QED) is 0.894. The maximum absolute atomic E-state index is 12.2. The van der Waals surface area contributed by atoms with Gasteiger partial charge in [0.25, 0.3) is 0 Å². The second-order valence-corrected chi connectivity index (χ2v) is 6.15. The number of benzene rings is 1. The summed E-state index contributed by atoms with van der Waals surface area (Å²) < 4.78 is 1.04. The van der Waals surface area contributed by atoms with Gasteiger partial charge < -0.3 is 11.1 Å². The zero-order valence-corrected chi connectivity index (χ0v) is 12.7. The molecule has 0 bridgehead atoms. The van der Waals surface area contributed by atoms with Crippen molar-refractivity contribution in [1.82, 2.24) is 5.32 Å². The van der Waals surface area contributed by atoms with Crippen molar-refractivity contribution >= 4 is 21.8 Å².